The fourth-order valence-electron chi connectivity index (χ4n) is 2.77. The largest absolute Gasteiger partial charge is 0.497 e. The molecule has 0 spiro atoms. The van der Waals surface area contributed by atoms with Gasteiger partial charge in [-0.25, -0.2) is 4.79 Å². The SMILES string of the molecule is COc1cccc(NC(=O)N2CCN(CC(C)O)CC2C)c1. The lowest BCUT2D eigenvalue weighted by atomic mass is 10.2. The van der Waals surface area contributed by atoms with E-state index >= 15 is 0 Å². The van der Waals surface area contributed by atoms with E-state index in [1.54, 1.807) is 20.1 Å². The monoisotopic (exact) mass is 307 g/mol. The summed E-state index contributed by atoms with van der Waals surface area (Å²) in [6.45, 7) is 6.67. The van der Waals surface area contributed by atoms with Crippen LogP contribution in [0.3, 0.4) is 0 Å². The Morgan fingerprint density at radius 2 is 2.27 bits per heavy atom. The first kappa shape index (κ1) is 16.6. The first-order valence-electron chi connectivity index (χ1n) is 7.61. The van der Waals surface area contributed by atoms with Crippen LogP contribution in [0.4, 0.5) is 10.5 Å². The van der Waals surface area contributed by atoms with Crippen molar-refractivity contribution in [3.8, 4) is 5.75 Å². The van der Waals surface area contributed by atoms with E-state index in [2.05, 4.69) is 10.2 Å². The zero-order valence-electron chi connectivity index (χ0n) is 13.5. The number of hydrogen-bond donors (Lipinski definition) is 2. The minimum atomic E-state index is -0.343. The number of benzene rings is 1. The van der Waals surface area contributed by atoms with Crippen molar-refractivity contribution in [2.75, 3.05) is 38.6 Å². The third-order valence-electron chi connectivity index (χ3n) is 3.82. The molecule has 6 heteroatoms. The number of β-amino-alcohol motifs (C(OH)–C–C–N with tert-alkyl or cyclic N) is 1. The molecule has 1 aromatic rings. The lowest BCUT2D eigenvalue weighted by molar-refractivity contribution is 0.0692. The maximum absolute atomic E-state index is 12.4. The number of ether oxygens (including phenoxy) is 1. The van der Waals surface area contributed by atoms with E-state index in [1.807, 2.05) is 30.0 Å². The van der Waals surface area contributed by atoms with Gasteiger partial charge in [-0.05, 0) is 26.0 Å². The van der Waals surface area contributed by atoms with Crippen LogP contribution in [-0.2, 0) is 0 Å². The van der Waals surface area contributed by atoms with Crippen LogP contribution in [0.25, 0.3) is 0 Å². The Morgan fingerprint density at radius 3 is 2.91 bits per heavy atom. The van der Waals surface area contributed by atoms with Gasteiger partial charge in [0.2, 0.25) is 0 Å². The number of carbonyl (C=O) groups is 1. The van der Waals surface area contributed by atoms with E-state index in [0.29, 0.717) is 18.8 Å². The number of aliphatic hydroxyl groups is 1. The summed E-state index contributed by atoms with van der Waals surface area (Å²) in [6.07, 6.45) is -0.343. The van der Waals surface area contributed by atoms with Crippen molar-refractivity contribution in [1.82, 2.24) is 9.80 Å². The molecule has 6 nitrogen and oxygen atoms in total. The van der Waals surface area contributed by atoms with E-state index < -0.39 is 0 Å². The molecule has 2 N–H and O–H groups in total. The van der Waals surface area contributed by atoms with Crippen molar-refractivity contribution < 1.29 is 14.6 Å². The molecule has 0 bridgehead atoms. The number of urea groups is 1. The van der Waals surface area contributed by atoms with Crippen LogP contribution >= 0.6 is 0 Å². The van der Waals surface area contributed by atoms with Gasteiger partial charge in [-0.2, -0.15) is 0 Å². The van der Waals surface area contributed by atoms with E-state index in [4.69, 9.17) is 4.74 Å². The van der Waals surface area contributed by atoms with Crippen LogP contribution in [0.2, 0.25) is 0 Å². The third-order valence-corrected chi connectivity index (χ3v) is 3.82. The minimum Gasteiger partial charge on any atom is -0.497 e. The van der Waals surface area contributed by atoms with Crippen molar-refractivity contribution in [3.63, 3.8) is 0 Å². The predicted molar refractivity (Wildman–Crippen MR) is 86.3 cm³/mol. The van der Waals surface area contributed by atoms with E-state index in [-0.39, 0.29) is 18.2 Å². The fourth-order valence-corrected chi connectivity index (χ4v) is 2.77. The van der Waals surface area contributed by atoms with Crippen molar-refractivity contribution in [3.05, 3.63) is 24.3 Å². The second-order valence-electron chi connectivity index (χ2n) is 5.81. The molecule has 0 aliphatic carbocycles. The van der Waals surface area contributed by atoms with Gasteiger partial charge < -0.3 is 20.1 Å². The van der Waals surface area contributed by atoms with Crippen LogP contribution in [0.5, 0.6) is 5.75 Å². The molecule has 2 rings (SSSR count). The first-order chi connectivity index (χ1) is 10.5. The molecule has 0 radical (unpaired) electrons. The number of nitrogens with zero attached hydrogens (tertiary/aromatic N) is 2. The molecule has 122 valence electrons. The molecule has 1 heterocycles. The average molecular weight is 307 g/mol. The molecule has 1 aliphatic heterocycles. The van der Waals surface area contributed by atoms with Crippen molar-refractivity contribution in [2.45, 2.75) is 26.0 Å². The Balaban J connectivity index is 1.92. The summed E-state index contributed by atoms with van der Waals surface area (Å²) >= 11 is 0. The van der Waals surface area contributed by atoms with Crippen molar-refractivity contribution in [2.24, 2.45) is 0 Å². The molecule has 1 saturated heterocycles. The van der Waals surface area contributed by atoms with Gasteiger partial charge in [0.05, 0.1) is 13.2 Å². The average Bonchev–Trinajstić information content (AvgIpc) is 2.46. The van der Waals surface area contributed by atoms with Gasteiger partial charge in [-0.3, -0.25) is 4.90 Å². The smallest absolute Gasteiger partial charge is 0.322 e. The van der Waals surface area contributed by atoms with Crippen molar-refractivity contribution >= 4 is 11.7 Å². The number of amides is 2. The fraction of sp³-hybridized carbons (Fsp3) is 0.562. The Labute approximate surface area is 131 Å². The highest BCUT2D eigenvalue weighted by molar-refractivity contribution is 5.89. The number of aliphatic hydroxyl groups excluding tert-OH is 1. The maximum Gasteiger partial charge on any atom is 0.322 e. The Morgan fingerprint density at radius 1 is 1.50 bits per heavy atom. The molecule has 0 saturated carbocycles. The van der Waals surface area contributed by atoms with Gasteiger partial charge in [0.1, 0.15) is 5.75 Å². The number of methoxy groups -OCH3 is 1. The number of carbonyl (C=O) groups excluding carboxylic acids is 1. The number of anilines is 1. The Hall–Kier alpha value is -1.79. The maximum atomic E-state index is 12.4. The normalized spacial score (nSPS) is 20.5. The topological polar surface area (TPSA) is 65.0 Å². The Kier molecular flexibility index (Phi) is 5.63. The van der Waals surface area contributed by atoms with Crippen LogP contribution in [-0.4, -0.2) is 66.4 Å². The standard InChI is InChI=1S/C16H25N3O3/c1-12-10-18(11-13(2)20)7-8-19(12)16(21)17-14-5-4-6-15(9-14)22-3/h4-6,9,12-13,20H,7-8,10-11H2,1-3H3,(H,17,21). The second-order valence-corrected chi connectivity index (χ2v) is 5.81. The number of piperazine rings is 1. The molecule has 1 aliphatic rings. The highest BCUT2D eigenvalue weighted by Crippen LogP contribution is 2.18. The quantitative estimate of drug-likeness (QED) is 0.887. The summed E-state index contributed by atoms with van der Waals surface area (Å²) in [4.78, 5) is 16.4. The highest BCUT2D eigenvalue weighted by atomic mass is 16.5. The molecule has 2 atom stereocenters. The summed E-state index contributed by atoms with van der Waals surface area (Å²) in [5.41, 5.74) is 0.725. The zero-order valence-corrected chi connectivity index (χ0v) is 13.5. The van der Waals surface area contributed by atoms with Crippen LogP contribution in [0.1, 0.15) is 13.8 Å². The van der Waals surface area contributed by atoms with Gasteiger partial charge in [0.25, 0.3) is 0 Å². The molecular weight excluding hydrogens is 282 g/mol. The summed E-state index contributed by atoms with van der Waals surface area (Å²) < 4.78 is 5.16. The van der Waals surface area contributed by atoms with Gasteiger partial charge in [-0.15, -0.1) is 0 Å². The first-order valence-corrected chi connectivity index (χ1v) is 7.61. The lowest BCUT2D eigenvalue weighted by Crippen LogP contribution is -2.56. The molecule has 1 aromatic carbocycles. The summed E-state index contributed by atoms with van der Waals surface area (Å²) in [5, 5.41) is 12.4. The molecule has 2 amide bonds. The van der Waals surface area contributed by atoms with E-state index in [1.165, 1.54) is 0 Å². The van der Waals surface area contributed by atoms with Gasteiger partial charge >= 0.3 is 6.03 Å². The van der Waals surface area contributed by atoms with Crippen LogP contribution in [0.15, 0.2) is 24.3 Å². The summed E-state index contributed by atoms with van der Waals surface area (Å²) in [6, 6.07) is 7.34. The van der Waals surface area contributed by atoms with Gasteiger partial charge in [0.15, 0.2) is 0 Å². The zero-order chi connectivity index (χ0) is 16.1. The van der Waals surface area contributed by atoms with E-state index in [9.17, 15) is 9.90 Å². The number of rotatable bonds is 4. The highest BCUT2D eigenvalue weighted by Gasteiger charge is 2.27. The van der Waals surface area contributed by atoms with Crippen LogP contribution < -0.4 is 10.1 Å². The summed E-state index contributed by atoms with van der Waals surface area (Å²) in [7, 11) is 1.60. The molecule has 1 fully saturated rings. The number of nitrogens with one attached hydrogen (secondary N) is 1. The molecule has 0 aromatic heterocycles. The number of hydrogen-bond acceptors (Lipinski definition) is 4. The van der Waals surface area contributed by atoms with Gasteiger partial charge in [0, 0.05) is 44.0 Å². The molecule has 22 heavy (non-hydrogen) atoms. The van der Waals surface area contributed by atoms with Crippen LogP contribution in [0, 0.1) is 0 Å². The molecular formula is C16H25N3O3. The third kappa shape index (κ3) is 4.35. The van der Waals surface area contributed by atoms with Crippen molar-refractivity contribution in [1.29, 1.82) is 0 Å². The minimum absolute atomic E-state index is 0.0996. The lowest BCUT2D eigenvalue weighted by Gasteiger charge is -2.40. The predicted octanol–water partition coefficient (Wildman–Crippen LogP) is 1.61. The second kappa shape index (κ2) is 7.47. The van der Waals surface area contributed by atoms with E-state index in [0.717, 1.165) is 18.8 Å². The summed E-state index contributed by atoms with van der Waals surface area (Å²) in [5.74, 6) is 0.715. The van der Waals surface area contributed by atoms with Gasteiger partial charge in [-0.1, -0.05) is 6.07 Å². The Bertz CT molecular complexity index is 507. The molecule has 2 unspecified atom stereocenters.